The van der Waals surface area contributed by atoms with Crippen molar-refractivity contribution in [1.29, 1.82) is 0 Å². The molecule has 1 aromatic heterocycles. The molecule has 94 valence electrons. The van der Waals surface area contributed by atoms with Crippen molar-refractivity contribution in [3.05, 3.63) is 11.4 Å². The van der Waals surface area contributed by atoms with Crippen LogP contribution in [0.15, 0.2) is 0 Å². The Morgan fingerprint density at radius 3 is 2.88 bits per heavy atom. The fraction of sp³-hybridized carbons (Fsp3) is 0.636. The zero-order chi connectivity index (χ0) is 12.4. The summed E-state index contributed by atoms with van der Waals surface area (Å²) in [6, 6.07) is 0.176. The second-order valence-electron chi connectivity index (χ2n) is 4.33. The van der Waals surface area contributed by atoms with E-state index in [0.29, 0.717) is 5.69 Å². The lowest BCUT2D eigenvalue weighted by Crippen LogP contribution is -2.48. The summed E-state index contributed by atoms with van der Waals surface area (Å²) < 4.78 is 5.43. The molecule has 1 aliphatic carbocycles. The van der Waals surface area contributed by atoms with Crippen LogP contribution in [0.4, 0.5) is 5.69 Å². The van der Waals surface area contributed by atoms with Crippen LogP contribution in [0.25, 0.3) is 0 Å². The summed E-state index contributed by atoms with van der Waals surface area (Å²) in [5.41, 5.74) is 7.15. The highest BCUT2D eigenvalue weighted by Crippen LogP contribution is 2.24. The first-order valence-corrected chi connectivity index (χ1v) is 5.84. The number of hydrogen-bond donors (Lipinski definition) is 3. The van der Waals surface area contributed by atoms with E-state index in [-0.39, 0.29) is 23.7 Å². The molecule has 0 unspecified atom stereocenters. The van der Waals surface area contributed by atoms with Gasteiger partial charge in [-0.2, -0.15) is 5.10 Å². The topological polar surface area (TPSA) is 93.0 Å². The fourth-order valence-corrected chi connectivity index (χ4v) is 1.92. The predicted molar refractivity (Wildman–Crippen MR) is 63.6 cm³/mol. The molecule has 0 radical (unpaired) electrons. The Balaban J connectivity index is 1.85. The molecule has 1 aromatic rings. The molecule has 0 saturated heterocycles. The number of carbonyl (C=O) groups excluding carboxylic acids is 1. The molecule has 1 aliphatic rings. The van der Waals surface area contributed by atoms with Gasteiger partial charge in [-0.1, -0.05) is 0 Å². The van der Waals surface area contributed by atoms with Crippen LogP contribution in [0.3, 0.4) is 0 Å². The number of carbonyl (C=O) groups is 1. The second kappa shape index (κ2) is 4.75. The van der Waals surface area contributed by atoms with Crippen molar-refractivity contribution in [2.75, 3.05) is 12.3 Å². The van der Waals surface area contributed by atoms with E-state index in [1.54, 1.807) is 6.92 Å². The van der Waals surface area contributed by atoms with Crippen molar-refractivity contribution in [1.82, 2.24) is 15.5 Å². The number of rotatable bonds is 4. The highest BCUT2D eigenvalue weighted by molar-refractivity contribution is 5.97. The van der Waals surface area contributed by atoms with E-state index >= 15 is 0 Å². The second-order valence-corrected chi connectivity index (χ2v) is 4.33. The van der Waals surface area contributed by atoms with Crippen LogP contribution in [-0.4, -0.2) is 34.9 Å². The molecular weight excluding hydrogens is 220 g/mol. The van der Waals surface area contributed by atoms with Crippen molar-refractivity contribution >= 4 is 11.6 Å². The Morgan fingerprint density at radius 2 is 2.35 bits per heavy atom. The van der Waals surface area contributed by atoms with Gasteiger partial charge in [0.1, 0.15) is 0 Å². The molecule has 0 atom stereocenters. The first-order valence-electron chi connectivity index (χ1n) is 5.84. The van der Waals surface area contributed by atoms with E-state index in [2.05, 4.69) is 15.5 Å². The molecule has 0 bridgehead atoms. The number of nitrogen functional groups attached to an aromatic ring is 1. The average molecular weight is 238 g/mol. The molecule has 1 amide bonds. The van der Waals surface area contributed by atoms with Gasteiger partial charge in [-0.15, -0.1) is 0 Å². The van der Waals surface area contributed by atoms with Crippen LogP contribution in [0.2, 0.25) is 0 Å². The third-order valence-electron chi connectivity index (χ3n) is 3.04. The Hall–Kier alpha value is -1.56. The minimum absolute atomic E-state index is 0.176. The molecule has 4 N–H and O–H groups in total. The highest BCUT2D eigenvalue weighted by Gasteiger charge is 2.31. The number of anilines is 1. The third kappa shape index (κ3) is 2.41. The molecule has 0 spiro atoms. The van der Waals surface area contributed by atoms with E-state index in [9.17, 15) is 4.79 Å². The van der Waals surface area contributed by atoms with Crippen LogP contribution in [0.1, 0.15) is 35.9 Å². The Bertz CT molecular complexity index is 410. The van der Waals surface area contributed by atoms with Crippen LogP contribution in [0.5, 0.6) is 0 Å². The molecular formula is C11H18N4O2. The van der Waals surface area contributed by atoms with Crippen LogP contribution in [-0.2, 0) is 4.74 Å². The number of aromatic nitrogens is 2. The van der Waals surface area contributed by atoms with Gasteiger partial charge in [0.15, 0.2) is 5.69 Å². The van der Waals surface area contributed by atoms with Crippen molar-refractivity contribution in [2.24, 2.45) is 0 Å². The molecule has 2 rings (SSSR count). The van der Waals surface area contributed by atoms with E-state index in [0.717, 1.165) is 25.1 Å². The summed E-state index contributed by atoms with van der Waals surface area (Å²) in [4.78, 5) is 11.8. The van der Waals surface area contributed by atoms with Gasteiger partial charge in [0.05, 0.1) is 17.5 Å². The summed E-state index contributed by atoms with van der Waals surface area (Å²) in [6.07, 6.45) is 2.01. The van der Waals surface area contributed by atoms with Crippen LogP contribution < -0.4 is 11.1 Å². The minimum atomic E-state index is -0.216. The number of nitrogens with one attached hydrogen (secondary N) is 2. The summed E-state index contributed by atoms with van der Waals surface area (Å²) in [5.74, 6) is -0.216. The Labute approximate surface area is 99.9 Å². The summed E-state index contributed by atoms with van der Waals surface area (Å²) in [5, 5.41) is 9.48. The maximum atomic E-state index is 11.8. The van der Waals surface area contributed by atoms with Crippen molar-refractivity contribution in [3.63, 3.8) is 0 Å². The number of aryl methyl sites for hydroxylation is 1. The molecule has 1 fully saturated rings. The molecule has 17 heavy (non-hydrogen) atoms. The van der Waals surface area contributed by atoms with Crippen LogP contribution in [0, 0.1) is 6.92 Å². The van der Waals surface area contributed by atoms with Gasteiger partial charge in [-0.25, -0.2) is 0 Å². The number of nitrogens with zero attached hydrogens (tertiary/aromatic N) is 1. The van der Waals surface area contributed by atoms with Gasteiger partial charge in [-0.3, -0.25) is 9.89 Å². The van der Waals surface area contributed by atoms with Gasteiger partial charge in [0.25, 0.3) is 5.91 Å². The van der Waals surface area contributed by atoms with Gasteiger partial charge in [-0.05, 0) is 26.7 Å². The first-order chi connectivity index (χ1) is 8.11. The highest BCUT2D eigenvalue weighted by atomic mass is 16.5. The van der Waals surface area contributed by atoms with E-state index in [4.69, 9.17) is 10.5 Å². The van der Waals surface area contributed by atoms with Gasteiger partial charge >= 0.3 is 0 Å². The van der Waals surface area contributed by atoms with E-state index in [1.165, 1.54) is 0 Å². The minimum Gasteiger partial charge on any atom is -0.395 e. The number of hydrogen-bond acceptors (Lipinski definition) is 4. The monoisotopic (exact) mass is 238 g/mol. The molecule has 0 aliphatic heterocycles. The summed E-state index contributed by atoms with van der Waals surface area (Å²) in [6.45, 7) is 4.48. The standard InChI is InChI=1S/C11H18N4O2/c1-3-17-8-4-7(5-8)13-11(16)10-9(12)6(2)14-15-10/h7-8H,3-5,12H2,1-2H3,(H,13,16)(H,14,15). The predicted octanol–water partition coefficient (Wildman–Crippen LogP) is 0.598. The molecule has 6 heteroatoms. The Morgan fingerprint density at radius 1 is 1.65 bits per heavy atom. The SMILES string of the molecule is CCOC1CC(NC(=O)c2n[nH]c(C)c2N)C1. The van der Waals surface area contributed by atoms with Gasteiger partial charge < -0.3 is 15.8 Å². The summed E-state index contributed by atoms with van der Waals surface area (Å²) >= 11 is 0. The lowest BCUT2D eigenvalue weighted by Gasteiger charge is -2.35. The maximum Gasteiger partial charge on any atom is 0.274 e. The fourth-order valence-electron chi connectivity index (χ4n) is 1.92. The van der Waals surface area contributed by atoms with Crippen molar-refractivity contribution in [2.45, 2.75) is 38.8 Å². The molecule has 1 saturated carbocycles. The van der Waals surface area contributed by atoms with E-state index in [1.807, 2.05) is 6.92 Å². The zero-order valence-electron chi connectivity index (χ0n) is 10.1. The summed E-state index contributed by atoms with van der Waals surface area (Å²) in [7, 11) is 0. The number of H-pyrrole nitrogens is 1. The largest absolute Gasteiger partial charge is 0.395 e. The van der Waals surface area contributed by atoms with Gasteiger partial charge in [0, 0.05) is 12.6 Å². The van der Waals surface area contributed by atoms with Crippen molar-refractivity contribution in [3.8, 4) is 0 Å². The van der Waals surface area contributed by atoms with Gasteiger partial charge in [0.2, 0.25) is 0 Å². The lowest BCUT2D eigenvalue weighted by atomic mass is 9.89. The molecule has 6 nitrogen and oxygen atoms in total. The lowest BCUT2D eigenvalue weighted by molar-refractivity contribution is -0.00866. The molecule has 1 heterocycles. The number of aromatic amines is 1. The van der Waals surface area contributed by atoms with Crippen molar-refractivity contribution < 1.29 is 9.53 Å². The number of amides is 1. The normalized spacial score (nSPS) is 23.2. The smallest absolute Gasteiger partial charge is 0.274 e. The quantitative estimate of drug-likeness (QED) is 0.716. The van der Waals surface area contributed by atoms with E-state index < -0.39 is 0 Å². The zero-order valence-corrected chi connectivity index (χ0v) is 10.1. The molecule has 0 aromatic carbocycles. The third-order valence-corrected chi connectivity index (χ3v) is 3.04. The number of ether oxygens (including phenoxy) is 1. The van der Waals surface area contributed by atoms with Crippen LogP contribution >= 0.6 is 0 Å². The maximum absolute atomic E-state index is 11.8. The first kappa shape index (κ1) is 11.9. The Kier molecular flexibility index (Phi) is 3.33. The average Bonchev–Trinajstić information content (AvgIpc) is 2.57. The number of nitrogens with two attached hydrogens (primary N) is 1.